The summed E-state index contributed by atoms with van der Waals surface area (Å²) in [6, 6.07) is 81.5. The zero-order chi connectivity index (χ0) is 104. The highest BCUT2D eigenvalue weighted by Crippen LogP contribution is 2.43. The molecule has 18 rings (SSSR count). The zero-order valence-electron chi connectivity index (χ0n) is 83.5. The normalized spacial score (nSPS) is 12.3. The highest BCUT2D eigenvalue weighted by molar-refractivity contribution is 6.42. The third-order valence-electron chi connectivity index (χ3n) is 26.1. The molecular formula is C115H115Cl2N19O10. The maximum Gasteiger partial charge on any atom is 0.255 e. The Labute approximate surface area is 858 Å². The number of nitrogens with zero attached hydrogens (tertiary/aromatic N) is 14. The molecule has 2 aliphatic heterocycles. The number of carbonyl (C=O) groups is 5. The standard InChI is InChI=1S/C28H35N5O2.C25H19Cl2N3O2.C24H26N4O2.C21H20N4O3.C17H15N3O/c1-5-33-26-19-23(35-4)11-12-24(26)25(20-29)27(33)21-7-9-22(10-8-21)28(34)32-17-15-31(16-18-32)14-6-13-30(2)3;1-3-30-23-13-18(32-2)9-10-19(23)20(14-28)24(30)15-4-6-16(7-5-15)25(31)29-17-8-11-21(26)22(27)12-17;1-3-28-22-15-19(30-2)9-10-20(22)21(16-25)23(28)17-5-7-18(8-6-17)24(29)27-13-4-11-26-12-14-27;1-3-25-18-10-15(28-2)8-9-16(18)17(11-22)20(25)13-4-6-14(7-5-13)21(27)24-12-19(23)26;1-2-20-16-9-13(21)6-7-14(16)15(10-18)17(20)11-4-3-5-12(19)8-11/h7-12,19H,5-6,13-18H2,1-4H3;4-13H,3H2,1-2H3,(H,29,31);5-10,15,26H,3-4,11-14H2,1-2H3;4-10H,3,12H2,1-2H3,(H2,23,26)(H,24,27);3-9,21H,2,19H2,1H3. The van der Waals surface area contributed by atoms with Gasteiger partial charge in [-0.25, -0.2) is 0 Å². The molecule has 0 spiro atoms. The van der Waals surface area contributed by atoms with Crippen molar-refractivity contribution in [1.29, 1.82) is 26.3 Å². The molecule has 5 amide bonds. The molecule has 0 saturated carbocycles. The van der Waals surface area contributed by atoms with Gasteiger partial charge in [-0.1, -0.05) is 83.9 Å². The van der Waals surface area contributed by atoms with Crippen LogP contribution >= 0.6 is 23.2 Å². The Morgan fingerprint density at radius 2 is 0.774 bits per heavy atom. The van der Waals surface area contributed by atoms with Crippen LogP contribution in [0.25, 0.3) is 111 Å². The summed E-state index contributed by atoms with van der Waals surface area (Å²) in [7, 11) is 10.7. The summed E-state index contributed by atoms with van der Waals surface area (Å²) in [5, 5.41) is 72.6. The number of aromatic hydroxyl groups is 1. The summed E-state index contributed by atoms with van der Waals surface area (Å²) in [4.78, 5) is 70.1. The first-order valence-corrected chi connectivity index (χ1v) is 48.9. The number of halogens is 2. The van der Waals surface area contributed by atoms with E-state index >= 15 is 0 Å². The number of piperazine rings is 1. The van der Waals surface area contributed by atoms with Crippen LogP contribution in [0.2, 0.25) is 10.0 Å². The van der Waals surface area contributed by atoms with Gasteiger partial charge in [-0.15, -0.1) is 0 Å². The maximum absolute atomic E-state index is 13.1. The number of nitriles is 5. The van der Waals surface area contributed by atoms with Crippen molar-refractivity contribution in [2.24, 2.45) is 5.73 Å². The molecule has 29 nitrogen and oxygen atoms in total. The molecule has 11 aromatic carbocycles. The molecule has 744 valence electrons. The number of carbonyl (C=O) groups excluding carboxylic acids is 5. The van der Waals surface area contributed by atoms with Crippen LogP contribution in [0.4, 0.5) is 11.4 Å². The van der Waals surface area contributed by atoms with Gasteiger partial charge in [-0.05, 0) is 243 Å². The minimum absolute atomic E-state index is 0.0616. The van der Waals surface area contributed by atoms with Crippen LogP contribution < -0.4 is 46.4 Å². The monoisotopic (exact) mass is 1990 g/mol. The molecule has 2 fully saturated rings. The predicted molar refractivity (Wildman–Crippen MR) is 576 cm³/mol. The van der Waals surface area contributed by atoms with Crippen molar-refractivity contribution in [2.45, 2.75) is 80.2 Å². The number of primary amides is 1. The number of hydrogen-bond acceptors (Lipinski definition) is 19. The number of anilines is 2. The minimum atomic E-state index is -0.605. The average Bonchev–Trinajstić information content (AvgIpc) is 1.62. The van der Waals surface area contributed by atoms with Crippen LogP contribution in [-0.2, 0) is 37.5 Å². The van der Waals surface area contributed by atoms with E-state index in [0.29, 0.717) is 91.1 Å². The number of phenolic OH excluding ortho intramolecular Hbond substituents is 1. The molecule has 31 heteroatoms. The van der Waals surface area contributed by atoms with E-state index in [1.54, 1.807) is 101 Å². The predicted octanol–water partition coefficient (Wildman–Crippen LogP) is 20.2. The molecule has 0 atom stereocenters. The largest absolute Gasteiger partial charge is 0.508 e. The Kier molecular flexibility index (Phi) is 34.7. The number of methoxy groups -OCH3 is 4. The molecule has 0 bridgehead atoms. The number of nitrogen functional groups attached to an aromatic ring is 1. The molecule has 0 radical (unpaired) electrons. The van der Waals surface area contributed by atoms with E-state index in [-0.39, 0.29) is 35.9 Å². The van der Waals surface area contributed by atoms with E-state index < -0.39 is 5.91 Å². The van der Waals surface area contributed by atoms with Crippen molar-refractivity contribution in [3.8, 4) is 115 Å². The first-order valence-electron chi connectivity index (χ1n) is 48.2. The fraction of sp³-hybridized carbons (Fsp3) is 0.252. The Bertz CT molecular complexity index is 7760. The van der Waals surface area contributed by atoms with Crippen molar-refractivity contribution < 1.29 is 48.0 Å². The summed E-state index contributed by atoms with van der Waals surface area (Å²) in [6.45, 7) is 22.3. The van der Waals surface area contributed by atoms with Gasteiger partial charge in [-0.2, -0.15) is 26.3 Å². The van der Waals surface area contributed by atoms with Gasteiger partial charge in [0.05, 0.1) is 129 Å². The number of ether oxygens (including phenoxy) is 4. The molecule has 2 aliphatic rings. The van der Waals surface area contributed by atoms with Crippen LogP contribution in [0.15, 0.2) is 231 Å². The summed E-state index contributed by atoms with van der Waals surface area (Å²) in [5.74, 6) is 2.05. The number of aromatic nitrogens is 5. The van der Waals surface area contributed by atoms with Crippen LogP contribution in [0, 0.1) is 56.7 Å². The fourth-order valence-electron chi connectivity index (χ4n) is 18.9. The van der Waals surface area contributed by atoms with Gasteiger partial charge in [0.2, 0.25) is 5.91 Å². The second-order valence-corrected chi connectivity index (χ2v) is 35.8. The fourth-order valence-corrected chi connectivity index (χ4v) is 19.2. The van der Waals surface area contributed by atoms with Crippen LogP contribution in [0.5, 0.6) is 28.7 Å². The van der Waals surface area contributed by atoms with Crippen molar-refractivity contribution in [3.05, 3.63) is 291 Å². The van der Waals surface area contributed by atoms with Crippen molar-refractivity contribution in [1.82, 2.24) is 53.1 Å². The Morgan fingerprint density at radius 3 is 1.13 bits per heavy atom. The van der Waals surface area contributed by atoms with Crippen LogP contribution in [0.1, 0.15) is 117 Å². The number of aryl methyl sites for hydroxylation is 5. The SMILES string of the molecule is CCn1c(-c2ccc(C(=O)N3CCCNCC3)cc2)c(C#N)c2ccc(OC)cc21.CCn1c(-c2ccc(C(=O)N3CCN(CCCN(C)C)CC3)cc2)c(C#N)c2ccc(OC)cc21.CCn1c(-c2ccc(C(=O)NCC(N)=O)cc2)c(C#N)c2ccc(OC)cc21.CCn1c(-c2ccc(C(=O)Nc3ccc(Cl)c(Cl)c3)cc2)c(C#N)c2ccc(OC)cc21.CCn1c(-c2cccc(N)c2)c(C#N)c2ccc(O)cc21. The molecule has 2 saturated heterocycles. The first kappa shape index (κ1) is 105. The molecule has 0 aliphatic carbocycles. The number of rotatable bonds is 25. The molecule has 0 unspecified atom stereocenters. The van der Waals surface area contributed by atoms with Gasteiger partial charge in [-0.3, -0.25) is 28.9 Å². The summed E-state index contributed by atoms with van der Waals surface area (Å²) in [6.07, 6.45) is 2.11. The number of hydrogen-bond donors (Lipinski definition) is 6. The van der Waals surface area contributed by atoms with E-state index in [1.165, 1.54) is 0 Å². The van der Waals surface area contributed by atoms with Gasteiger partial charge >= 0.3 is 0 Å². The zero-order valence-corrected chi connectivity index (χ0v) is 85.0. The van der Waals surface area contributed by atoms with E-state index in [4.69, 9.17) is 53.6 Å². The lowest BCUT2D eigenvalue weighted by Crippen LogP contribution is -2.49. The summed E-state index contributed by atoms with van der Waals surface area (Å²) < 4.78 is 31.9. The van der Waals surface area contributed by atoms with Gasteiger partial charge < -0.3 is 89.0 Å². The van der Waals surface area contributed by atoms with E-state index in [1.807, 2.05) is 193 Å². The number of nitrogens with one attached hydrogen (secondary N) is 3. The number of benzene rings is 11. The minimum Gasteiger partial charge on any atom is -0.508 e. The molecule has 16 aromatic rings. The van der Waals surface area contributed by atoms with Gasteiger partial charge in [0, 0.05) is 175 Å². The number of phenols is 1. The number of fused-ring (bicyclic) bond motifs is 5. The third kappa shape index (κ3) is 22.9. The van der Waals surface area contributed by atoms with Crippen molar-refractivity contribution in [2.75, 3.05) is 126 Å². The summed E-state index contributed by atoms with van der Waals surface area (Å²) >= 11 is 12.0. The quantitative estimate of drug-likeness (QED) is 0.0289. The van der Waals surface area contributed by atoms with E-state index in [9.17, 15) is 55.4 Å². The second-order valence-electron chi connectivity index (χ2n) is 35.0. The van der Waals surface area contributed by atoms with Gasteiger partial charge in [0.25, 0.3) is 23.6 Å². The topological polar surface area (TPSA) is 387 Å². The molecule has 8 N–H and O–H groups in total. The third-order valence-corrected chi connectivity index (χ3v) is 26.8. The highest BCUT2D eigenvalue weighted by Gasteiger charge is 2.29. The number of amides is 5. The Morgan fingerprint density at radius 1 is 0.411 bits per heavy atom. The molecular weight excluding hydrogens is 1880 g/mol. The van der Waals surface area contributed by atoms with E-state index in [2.05, 4.69) is 102 Å². The van der Waals surface area contributed by atoms with Gasteiger partial charge in [0.1, 0.15) is 59.1 Å². The van der Waals surface area contributed by atoms with E-state index in [0.717, 1.165) is 225 Å². The second kappa shape index (κ2) is 48.3. The average molecular weight is 1990 g/mol. The maximum atomic E-state index is 13.1. The summed E-state index contributed by atoms with van der Waals surface area (Å²) in [5.41, 5.74) is 30.7. The lowest BCUT2D eigenvalue weighted by Gasteiger charge is -2.35. The highest BCUT2D eigenvalue weighted by atomic mass is 35.5. The van der Waals surface area contributed by atoms with Crippen molar-refractivity contribution in [3.63, 3.8) is 0 Å². The lowest BCUT2D eigenvalue weighted by atomic mass is 10.0. The molecule has 146 heavy (non-hydrogen) atoms. The lowest BCUT2D eigenvalue weighted by molar-refractivity contribution is -0.117. The van der Waals surface area contributed by atoms with Gasteiger partial charge in [0.15, 0.2) is 0 Å². The first-order chi connectivity index (χ1) is 70.7. The van der Waals surface area contributed by atoms with Crippen LogP contribution in [0.3, 0.4) is 0 Å². The Hall–Kier alpha value is -16.8. The van der Waals surface area contributed by atoms with Crippen molar-refractivity contribution >= 4 is 119 Å². The molecule has 7 heterocycles. The molecule has 5 aromatic heterocycles. The van der Waals surface area contributed by atoms with Crippen LogP contribution in [-0.4, -0.2) is 192 Å². The number of nitrogens with two attached hydrogens (primary N) is 2. The smallest absolute Gasteiger partial charge is 0.255 e. The Balaban J connectivity index is 0.000000145.